The number of halogens is 4. The Morgan fingerprint density at radius 2 is 1.69 bits per heavy atom. The fourth-order valence-electron chi connectivity index (χ4n) is 3.87. The van der Waals surface area contributed by atoms with Crippen LogP contribution >= 0.6 is 39.1 Å². The molecule has 0 spiro atoms. The lowest BCUT2D eigenvalue weighted by molar-refractivity contribution is -0.0565. The molecule has 32 heavy (non-hydrogen) atoms. The van der Waals surface area contributed by atoms with Crippen LogP contribution in [0.4, 0.5) is 4.39 Å². The van der Waals surface area contributed by atoms with Crippen LogP contribution in [0.15, 0.2) is 64.0 Å². The number of fused-ring (bicyclic) bond motifs is 1. The van der Waals surface area contributed by atoms with Crippen LogP contribution in [0.1, 0.15) is 27.0 Å². The number of benzene rings is 3. The molecule has 1 amide bonds. The highest BCUT2D eigenvalue weighted by molar-refractivity contribution is 9.10. The van der Waals surface area contributed by atoms with Gasteiger partial charge in [0.15, 0.2) is 15.6 Å². The predicted octanol–water partition coefficient (Wildman–Crippen LogP) is 5.15. The highest BCUT2D eigenvalue weighted by Crippen LogP contribution is 2.46. The lowest BCUT2D eigenvalue weighted by Crippen LogP contribution is -2.44. The first-order valence-electron chi connectivity index (χ1n) is 9.21. The van der Waals surface area contributed by atoms with Crippen molar-refractivity contribution in [1.29, 1.82) is 0 Å². The van der Waals surface area contributed by atoms with Gasteiger partial charge in [0.2, 0.25) is 0 Å². The molecule has 1 N–H and O–H groups in total. The van der Waals surface area contributed by atoms with Crippen molar-refractivity contribution in [3.63, 3.8) is 0 Å². The van der Waals surface area contributed by atoms with Crippen LogP contribution < -0.4 is 0 Å². The highest BCUT2D eigenvalue weighted by atomic mass is 79.9. The number of aliphatic hydroxyl groups is 1. The van der Waals surface area contributed by atoms with Crippen LogP contribution in [0, 0.1) is 5.82 Å². The molecule has 4 rings (SSSR count). The molecule has 0 aromatic heterocycles. The zero-order valence-corrected chi connectivity index (χ0v) is 20.4. The van der Waals surface area contributed by atoms with Crippen molar-refractivity contribution < 1.29 is 22.7 Å². The Bertz CT molecular complexity index is 1370. The molecule has 5 nitrogen and oxygen atoms in total. The van der Waals surface area contributed by atoms with Gasteiger partial charge in [-0.15, -0.1) is 0 Å². The van der Waals surface area contributed by atoms with Gasteiger partial charge in [-0.3, -0.25) is 9.69 Å². The minimum Gasteiger partial charge on any atom is -0.363 e. The number of sulfone groups is 1. The van der Waals surface area contributed by atoms with E-state index < -0.39 is 27.3 Å². The molecule has 0 aliphatic carbocycles. The second-order valence-corrected chi connectivity index (χ2v) is 11.2. The number of carbonyl (C=O) groups is 1. The molecule has 1 atom stereocenters. The van der Waals surface area contributed by atoms with Crippen LogP contribution in [-0.4, -0.2) is 30.6 Å². The van der Waals surface area contributed by atoms with Crippen LogP contribution in [0.5, 0.6) is 0 Å². The van der Waals surface area contributed by atoms with Gasteiger partial charge in [-0.05, 0) is 42.0 Å². The zero-order valence-electron chi connectivity index (χ0n) is 16.4. The maximum absolute atomic E-state index is 15.1. The van der Waals surface area contributed by atoms with E-state index in [2.05, 4.69) is 15.9 Å². The molecule has 3 aromatic carbocycles. The van der Waals surface area contributed by atoms with E-state index in [1.54, 1.807) is 0 Å². The molecule has 10 heteroatoms. The van der Waals surface area contributed by atoms with E-state index >= 15 is 4.39 Å². The lowest BCUT2D eigenvalue weighted by atomic mass is 9.93. The third-order valence-corrected chi connectivity index (χ3v) is 7.40. The normalized spacial score (nSPS) is 18.2. The molecule has 0 radical (unpaired) electrons. The van der Waals surface area contributed by atoms with E-state index in [0.29, 0.717) is 9.50 Å². The Kier molecular flexibility index (Phi) is 5.88. The van der Waals surface area contributed by atoms with Crippen LogP contribution in [0.25, 0.3) is 0 Å². The molecule has 1 heterocycles. The number of nitrogens with zero attached hydrogens (tertiary/aromatic N) is 1. The largest absolute Gasteiger partial charge is 0.363 e. The summed E-state index contributed by atoms with van der Waals surface area (Å²) in [6, 6.07) is 12.8. The van der Waals surface area contributed by atoms with Crippen molar-refractivity contribution >= 4 is 54.9 Å². The summed E-state index contributed by atoms with van der Waals surface area (Å²) in [6.07, 6.45) is 1.02. The van der Waals surface area contributed by atoms with Crippen LogP contribution in [0.2, 0.25) is 10.0 Å². The van der Waals surface area contributed by atoms with Gasteiger partial charge in [0.1, 0.15) is 5.82 Å². The summed E-state index contributed by atoms with van der Waals surface area (Å²) in [5.41, 5.74) is -2.03. The summed E-state index contributed by atoms with van der Waals surface area (Å²) in [5, 5.41) is 12.4. The molecule has 0 saturated carbocycles. The van der Waals surface area contributed by atoms with E-state index in [9.17, 15) is 18.3 Å². The third kappa shape index (κ3) is 3.84. The third-order valence-electron chi connectivity index (χ3n) is 5.27. The summed E-state index contributed by atoms with van der Waals surface area (Å²) < 4.78 is 40.1. The summed E-state index contributed by atoms with van der Waals surface area (Å²) in [6.45, 7) is -0.316. The standard InChI is InChI=1S/C22H15BrCl2FNO4S/c1-32(30,31)19-10-16(25)5-2-12(19)11-27-21(28)17-8-14(23)9-18(26)20(17)22(27,29)13-3-6-15(24)7-4-13/h2-10,29H,11H2,1H3. The number of hydrogen-bond acceptors (Lipinski definition) is 4. The van der Waals surface area contributed by atoms with Gasteiger partial charge < -0.3 is 5.11 Å². The molecule has 166 valence electrons. The molecule has 0 saturated heterocycles. The van der Waals surface area contributed by atoms with Gasteiger partial charge >= 0.3 is 0 Å². The summed E-state index contributed by atoms with van der Waals surface area (Å²) in [4.78, 5) is 14.3. The fraction of sp³-hybridized carbons (Fsp3) is 0.136. The summed E-state index contributed by atoms with van der Waals surface area (Å²) >= 11 is 15.1. The Morgan fingerprint density at radius 1 is 1.06 bits per heavy atom. The monoisotopic (exact) mass is 557 g/mol. The first-order chi connectivity index (χ1) is 14.9. The van der Waals surface area contributed by atoms with Crippen LogP contribution in [-0.2, 0) is 22.1 Å². The minimum atomic E-state index is -3.71. The van der Waals surface area contributed by atoms with Crippen LogP contribution in [0.3, 0.4) is 0 Å². The second-order valence-electron chi connectivity index (χ2n) is 7.40. The number of carbonyl (C=O) groups excluding carboxylic acids is 1. The quantitative estimate of drug-likeness (QED) is 0.480. The molecular formula is C22H15BrCl2FNO4S. The molecular weight excluding hydrogens is 544 g/mol. The molecule has 1 aliphatic heterocycles. The zero-order chi connectivity index (χ0) is 23.4. The average molecular weight is 559 g/mol. The van der Waals surface area contributed by atoms with Gasteiger partial charge in [-0.1, -0.05) is 57.3 Å². The Balaban J connectivity index is 1.95. The lowest BCUT2D eigenvalue weighted by Gasteiger charge is -2.35. The summed E-state index contributed by atoms with van der Waals surface area (Å²) in [5.74, 6) is -1.45. The Morgan fingerprint density at radius 3 is 2.31 bits per heavy atom. The highest BCUT2D eigenvalue weighted by Gasteiger charge is 2.52. The molecule has 1 unspecified atom stereocenters. The van der Waals surface area contributed by atoms with Crippen molar-refractivity contribution in [3.05, 3.63) is 97.2 Å². The second kappa shape index (κ2) is 8.11. The van der Waals surface area contributed by atoms with Crippen molar-refractivity contribution in [2.45, 2.75) is 17.2 Å². The number of amides is 1. The maximum Gasteiger partial charge on any atom is 0.257 e. The Labute approximate surface area is 202 Å². The van der Waals surface area contributed by atoms with Crippen molar-refractivity contribution in [3.8, 4) is 0 Å². The Hall–Kier alpha value is -1.97. The van der Waals surface area contributed by atoms with E-state index in [4.69, 9.17) is 23.2 Å². The van der Waals surface area contributed by atoms with Gasteiger partial charge in [0.05, 0.1) is 22.6 Å². The first kappa shape index (κ1) is 23.2. The maximum atomic E-state index is 15.1. The average Bonchev–Trinajstić information content (AvgIpc) is 2.91. The van der Waals surface area contributed by atoms with E-state index in [1.165, 1.54) is 48.5 Å². The van der Waals surface area contributed by atoms with Gasteiger partial charge in [0.25, 0.3) is 5.91 Å². The van der Waals surface area contributed by atoms with E-state index in [0.717, 1.165) is 17.2 Å². The van der Waals surface area contributed by atoms with Crippen molar-refractivity contribution in [2.75, 3.05) is 6.26 Å². The minimum absolute atomic E-state index is 0.0378. The molecule has 3 aromatic rings. The topological polar surface area (TPSA) is 74.7 Å². The summed E-state index contributed by atoms with van der Waals surface area (Å²) in [7, 11) is -3.71. The number of hydrogen-bond donors (Lipinski definition) is 1. The molecule has 0 fully saturated rings. The number of rotatable bonds is 4. The van der Waals surface area contributed by atoms with Crippen molar-refractivity contribution in [2.24, 2.45) is 0 Å². The van der Waals surface area contributed by atoms with Gasteiger partial charge in [-0.2, -0.15) is 0 Å². The SMILES string of the molecule is CS(=O)(=O)c1cc(Cl)ccc1CN1C(=O)c2cc(Br)cc(F)c2C1(O)c1ccc(Cl)cc1. The van der Waals surface area contributed by atoms with Gasteiger partial charge in [-0.25, -0.2) is 12.8 Å². The molecule has 0 bridgehead atoms. The smallest absolute Gasteiger partial charge is 0.257 e. The van der Waals surface area contributed by atoms with Crippen molar-refractivity contribution in [1.82, 2.24) is 4.90 Å². The predicted molar refractivity (Wildman–Crippen MR) is 123 cm³/mol. The fourth-order valence-corrected chi connectivity index (χ4v) is 5.61. The molecule has 1 aliphatic rings. The van der Waals surface area contributed by atoms with Gasteiger partial charge in [0, 0.05) is 26.3 Å². The van der Waals surface area contributed by atoms with E-state index in [1.807, 2.05) is 0 Å². The van der Waals surface area contributed by atoms with E-state index in [-0.39, 0.29) is 38.7 Å². The first-order valence-corrected chi connectivity index (χ1v) is 12.7.